The first-order chi connectivity index (χ1) is 19.4. The summed E-state index contributed by atoms with van der Waals surface area (Å²) >= 11 is 6.71. The molecule has 2 aromatic heterocycles. The number of ether oxygens (including phenoxy) is 2. The monoisotopic (exact) mass is 574 g/mol. The average molecular weight is 575 g/mol. The molecule has 2 aliphatic heterocycles. The van der Waals surface area contributed by atoms with Crippen LogP contribution in [0.4, 0.5) is 5.69 Å². The van der Waals surface area contributed by atoms with Crippen LogP contribution in [0.3, 0.4) is 0 Å². The van der Waals surface area contributed by atoms with Gasteiger partial charge in [0.2, 0.25) is 0 Å². The maximum Gasteiger partial charge on any atom is 0.308 e. The first-order valence-electron chi connectivity index (χ1n) is 14.8. The molecule has 2 saturated heterocycles. The van der Waals surface area contributed by atoms with E-state index < -0.39 is 0 Å². The van der Waals surface area contributed by atoms with Crippen molar-refractivity contribution in [1.82, 2.24) is 24.5 Å². The number of carbonyl (C=O) groups excluding carboxylic acids is 1. The zero-order chi connectivity index (χ0) is 29.4. The Kier molecular flexibility index (Phi) is 11.4. The third kappa shape index (κ3) is 6.31. The fraction of sp³-hybridized carbons (Fsp3) is 0.633. The molecule has 3 aliphatic rings. The van der Waals surface area contributed by atoms with Gasteiger partial charge in [-0.15, -0.1) is 0 Å². The Labute approximate surface area is 244 Å². The molecular formula is C30H47ClN6O3. The Morgan fingerprint density at radius 1 is 1.00 bits per heavy atom. The predicted molar refractivity (Wildman–Crippen MR) is 163 cm³/mol. The van der Waals surface area contributed by atoms with Gasteiger partial charge in [-0.1, -0.05) is 53.1 Å². The van der Waals surface area contributed by atoms with Gasteiger partial charge in [0, 0.05) is 31.6 Å². The molecule has 0 amide bonds. The number of halogens is 1. The van der Waals surface area contributed by atoms with Gasteiger partial charge in [-0.2, -0.15) is 10.2 Å². The Morgan fingerprint density at radius 2 is 1.65 bits per heavy atom. The number of rotatable bonds is 5. The van der Waals surface area contributed by atoms with Gasteiger partial charge in [-0.3, -0.25) is 14.4 Å². The summed E-state index contributed by atoms with van der Waals surface area (Å²) in [5, 5.41) is 10.9. The van der Waals surface area contributed by atoms with Crippen molar-refractivity contribution in [1.29, 1.82) is 0 Å². The molecule has 3 aromatic rings. The molecule has 40 heavy (non-hydrogen) atoms. The lowest BCUT2D eigenvalue weighted by Crippen LogP contribution is -2.64. The summed E-state index contributed by atoms with van der Waals surface area (Å²) in [4.78, 5) is 16.6. The van der Waals surface area contributed by atoms with E-state index in [1.807, 2.05) is 75.6 Å². The summed E-state index contributed by atoms with van der Waals surface area (Å²) in [7, 11) is 1.44. The largest absolute Gasteiger partial charge is 0.469 e. The molecule has 3 fully saturated rings. The molecule has 0 spiro atoms. The van der Waals surface area contributed by atoms with Crippen molar-refractivity contribution in [2.24, 2.45) is 5.92 Å². The highest BCUT2D eigenvalue weighted by molar-refractivity contribution is 6.34. The van der Waals surface area contributed by atoms with E-state index in [4.69, 9.17) is 21.1 Å². The van der Waals surface area contributed by atoms with E-state index in [1.165, 1.54) is 7.11 Å². The van der Waals surface area contributed by atoms with Crippen LogP contribution in [0.5, 0.6) is 0 Å². The van der Waals surface area contributed by atoms with Crippen molar-refractivity contribution < 1.29 is 14.3 Å². The SMILES string of the molecule is CC.CC.CC.COC(=O)C1CC(n2cc(-n3ncc4cc(Cl)c(N5CCN(C6(C)COC6)CC5)cc43)cn2)C1. The first-order valence-corrected chi connectivity index (χ1v) is 15.2. The maximum atomic E-state index is 11.7. The van der Waals surface area contributed by atoms with Crippen molar-refractivity contribution in [3.8, 4) is 5.69 Å². The minimum absolute atomic E-state index is 0.0299. The Bertz CT molecular complexity index is 1220. The van der Waals surface area contributed by atoms with Gasteiger partial charge in [0.15, 0.2) is 0 Å². The summed E-state index contributed by atoms with van der Waals surface area (Å²) in [6.07, 6.45) is 7.18. The van der Waals surface area contributed by atoms with E-state index in [1.54, 1.807) is 0 Å². The molecule has 4 heterocycles. The summed E-state index contributed by atoms with van der Waals surface area (Å²) < 4.78 is 14.1. The van der Waals surface area contributed by atoms with Gasteiger partial charge < -0.3 is 14.4 Å². The van der Waals surface area contributed by atoms with Gasteiger partial charge in [-0.25, -0.2) is 4.68 Å². The van der Waals surface area contributed by atoms with Gasteiger partial charge in [0.25, 0.3) is 0 Å². The van der Waals surface area contributed by atoms with E-state index >= 15 is 0 Å². The number of hydrogen-bond donors (Lipinski definition) is 0. The Morgan fingerprint density at radius 3 is 2.23 bits per heavy atom. The van der Waals surface area contributed by atoms with Gasteiger partial charge >= 0.3 is 5.97 Å². The van der Waals surface area contributed by atoms with E-state index in [0.29, 0.717) is 0 Å². The van der Waals surface area contributed by atoms with Gasteiger partial charge in [0.05, 0.1) is 72.6 Å². The molecule has 10 heteroatoms. The Balaban J connectivity index is 0.000000691. The number of aromatic nitrogens is 4. The highest BCUT2D eigenvalue weighted by Gasteiger charge is 2.41. The molecule has 9 nitrogen and oxygen atoms in total. The lowest BCUT2D eigenvalue weighted by atomic mass is 9.80. The summed E-state index contributed by atoms with van der Waals surface area (Å²) in [6.45, 7) is 19.8. The summed E-state index contributed by atoms with van der Waals surface area (Å²) in [6, 6.07) is 4.35. The van der Waals surface area contributed by atoms with Crippen LogP contribution in [0.2, 0.25) is 5.02 Å². The highest BCUT2D eigenvalue weighted by Crippen LogP contribution is 2.39. The molecule has 0 atom stereocenters. The number of nitrogens with zero attached hydrogens (tertiary/aromatic N) is 6. The molecule has 6 rings (SSSR count). The average Bonchev–Trinajstić information content (AvgIpc) is 3.60. The Hall–Kier alpha value is -2.62. The third-order valence-electron chi connectivity index (χ3n) is 7.70. The molecule has 0 unspecified atom stereocenters. The minimum atomic E-state index is -0.137. The number of benzene rings is 1. The molecule has 0 radical (unpaired) electrons. The number of methoxy groups -OCH3 is 1. The van der Waals surface area contributed by atoms with Crippen molar-refractivity contribution in [2.75, 3.05) is 51.4 Å². The minimum Gasteiger partial charge on any atom is -0.469 e. The van der Waals surface area contributed by atoms with Crippen LogP contribution in [0.15, 0.2) is 30.7 Å². The number of anilines is 1. The van der Waals surface area contributed by atoms with Crippen molar-refractivity contribution in [3.63, 3.8) is 0 Å². The molecule has 0 bridgehead atoms. The first kappa shape index (κ1) is 31.9. The van der Waals surface area contributed by atoms with Crippen molar-refractivity contribution >= 4 is 34.2 Å². The quantitative estimate of drug-likeness (QED) is 0.346. The van der Waals surface area contributed by atoms with Crippen LogP contribution in [0, 0.1) is 5.92 Å². The molecule has 0 N–H and O–H groups in total. The van der Waals surface area contributed by atoms with Crippen LogP contribution >= 0.6 is 11.6 Å². The number of hydrogen-bond acceptors (Lipinski definition) is 7. The summed E-state index contributed by atoms with van der Waals surface area (Å²) in [5.74, 6) is -0.167. The number of carbonyl (C=O) groups is 1. The standard InChI is InChI=1S/C24H29ClN6O3.3C2H6/c1-24(14-34-15-24)29-5-3-28(4-6-29)22-10-21-17(9-20(22)25)11-27-31(21)19-12-26-30(13-19)18-7-16(8-18)23(32)33-2;3*1-2/h9-13,16,18H,3-8,14-15H2,1-2H3;3*1-2H3. The van der Waals surface area contributed by atoms with E-state index in [2.05, 4.69) is 33.0 Å². The van der Waals surface area contributed by atoms with E-state index in [9.17, 15) is 4.79 Å². The van der Waals surface area contributed by atoms with Crippen LogP contribution < -0.4 is 4.90 Å². The zero-order valence-electron chi connectivity index (χ0n) is 25.5. The normalized spacial score (nSPS) is 21.4. The molecule has 222 valence electrons. The van der Waals surface area contributed by atoms with Crippen LogP contribution in [0.25, 0.3) is 16.6 Å². The van der Waals surface area contributed by atoms with Gasteiger partial charge in [0.1, 0.15) is 5.69 Å². The van der Waals surface area contributed by atoms with Gasteiger partial charge in [-0.05, 0) is 31.9 Å². The molecule has 1 aromatic carbocycles. The van der Waals surface area contributed by atoms with Crippen LogP contribution in [-0.4, -0.2) is 82.5 Å². The third-order valence-corrected chi connectivity index (χ3v) is 8.00. The van der Waals surface area contributed by atoms with E-state index in [-0.39, 0.29) is 23.5 Å². The summed E-state index contributed by atoms with van der Waals surface area (Å²) in [5.41, 5.74) is 3.11. The fourth-order valence-corrected chi connectivity index (χ4v) is 5.64. The number of fused-ring (bicyclic) bond motifs is 1. The second kappa shape index (κ2) is 14.3. The molecular weight excluding hydrogens is 528 g/mol. The lowest BCUT2D eigenvalue weighted by molar-refractivity contribution is -0.149. The topological polar surface area (TPSA) is 77.7 Å². The zero-order valence-corrected chi connectivity index (χ0v) is 26.2. The number of esters is 1. The fourth-order valence-electron chi connectivity index (χ4n) is 5.35. The molecule has 1 aliphatic carbocycles. The lowest BCUT2D eigenvalue weighted by Gasteiger charge is -2.50. The second-order valence-corrected chi connectivity index (χ2v) is 10.3. The highest BCUT2D eigenvalue weighted by atomic mass is 35.5. The predicted octanol–water partition coefficient (Wildman–Crippen LogP) is 5.99. The van der Waals surface area contributed by atoms with Crippen LogP contribution in [0.1, 0.15) is 67.3 Å². The van der Waals surface area contributed by atoms with Crippen molar-refractivity contribution in [2.45, 2.75) is 72.9 Å². The maximum absolute atomic E-state index is 11.7. The molecule has 1 saturated carbocycles. The van der Waals surface area contributed by atoms with Crippen molar-refractivity contribution in [3.05, 3.63) is 35.7 Å². The van der Waals surface area contributed by atoms with E-state index in [0.717, 1.165) is 79.5 Å². The van der Waals surface area contributed by atoms with Crippen LogP contribution in [-0.2, 0) is 14.3 Å². The smallest absolute Gasteiger partial charge is 0.308 e. The number of piperazine rings is 1. The second-order valence-electron chi connectivity index (χ2n) is 9.91.